The van der Waals surface area contributed by atoms with Crippen molar-refractivity contribution in [1.82, 2.24) is 25.3 Å². The second kappa shape index (κ2) is 16.4. The van der Waals surface area contributed by atoms with E-state index in [1.54, 1.807) is 66.9 Å². The highest BCUT2D eigenvalue weighted by Gasteiger charge is 2.08. The number of nitrogens with one attached hydrogen (secondary N) is 1. The summed E-state index contributed by atoms with van der Waals surface area (Å²) in [5, 5.41) is 11.9. The lowest BCUT2D eigenvalue weighted by Gasteiger charge is -2.05. The Morgan fingerprint density at radius 3 is 1.77 bits per heavy atom. The molecule has 2 aromatic carbocycles. The first-order valence-electron chi connectivity index (χ1n) is 11.4. The number of aromatic nitrogens is 4. The minimum atomic E-state index is -0.970. The van der Waals surface area contributed by atoms with Crippen LogP contribution in [0.5, 0.6) is 0 Å². The molecule has 0 aliphatic carbocycles. The van der Waals surface area contributed by atoms with Gasteiger partial charge in [-0.1, -0.05) is 36.4 Å². The second-order valence-electron chi connectivity index (χ2n) is 7.41. The molecule has 0 saturated heterocycles. The first kappa shape index (κ1) is 30.8. The molecule has 0 aliphatic rings. The Morgan fingerprint density at radius 2 is 1.33 bits per heavy atom. The first-order chi connectivity index (χ1) is 18.8. The summed E-state index contributed by atoms with van der Waals surface area (Å²) < 4.78 is 0. The van der Waals surface area contributed by atoms with Crippen LogP contribution in [-0.2, 0) is 0 Å². The molecule has 0 unspecified atom stereocenters. The lowest BCUT2D eigenvalue weighted by Crippen LogP contribution is -2.23. The van der Waals surface area contributed by atoms with Crippen molar-refractivity contribution >= 4 is 35.1 Å². The molecule has 0 bridgehead atoms. The van der Waals surface area contributed by atoms with E-state index in [1.165, 1.54) is 12.3 Å². The number of hydrogen-bond donors (Lipinski definition) is 3. The molecule has 4 rings (SSSR count). The highest BCUT2D eigenvalue weighted by atomic mass is 35.5. The van der Waals surface area contributed by atoms with Crippen molar-refractivity contribution in [2.24, 2.45) is 5.73 Å². The van der Waals surface area contributed by atoms with Crippen molar-refractivity contribution < 1.29 is 14.7 Å². The van der Waals surface area contributed by atoms with E-state index in [4.69, 9.17) is 34.0 Å². The third-order valence-corrected chi connectivity index (χ3v) is 5.02. The van der Waals surface area contributed by atoms with E-state index >= 15 is 0 Å². The Morgan fingerprint density at radius 1 is 0.846 bits per heavy atom. The number of nitrogens with zero attached hydrogens (tertiary/aromatic N) is 4. The average Bonchev–Trinajstić information content (AvgIpc) is 2.96. The lowest BCUT2D eigenvalue weighted by molar-refractivity contribution is 0.0696. The number of hydrogen-bond acceptors (Lipinski definition) is 7. The minimum Gasteiger partial charge on any atom is -0.478 e. The van der Waals surface area contributed by atoms with E-state index in [-0.39, 0.29) is 22.0 Å². The monoisotopic (exact) mass is 564 g/mol. The highest BCUT2D eigenvalue weighted by molar-refractivity contribution is 6.28. The van der Waals surface area contributed by atoms with Crippen molar-refractivity contribution in [2.75, 3.05) is 13.1 Å². The van der Waals surface area contributed by atoms with Crippen molar-refractivity contribution in [3.05, 3.63) is 120 Å². The van der Waals surface area contributed by atoms with Gasteiger partial charge in [0.15, 0.2) is 0 Å². The molecule has 0 atom stereocenters. The topological polar surface area (TPSA) is 144 Å². The van der Waals surface area contributed by atoms with E-state index < -0.39 is 5.97 Å². The Labute approximate surface area is 236 Å². The Balaban J connectivity index is 0.000000243. The molecular formula is C28H26Cl2N6O3. The highest BCUT2D eigenvalue weighted by Crippen LogP contribution is 2.20. The number of rotatable bonds is 7. The maximum Gasteiger partial charge on any atom is 0.335 e. The van der Waals surface area contributed by atoms with Crippen LogP contribution in [0.15, 0.2) is 98.4 Å². The van der Waals surface area contributed by atoms with Gasteiger partial charge < -0.3 is 16.2 Å². The van der Waals surface area contributed by atoms with Crippen LogP contribution < -0.4 is 11.1 Å². The van der Waals surface area contributed by atoms with E-state index in [9.17, 15) is 9.59 Å². The fourth-order valence-corrected chi connectivity index (χ4v) is 3.18. The molecule has 4 aromatic rings. The van der Waals surface area contributed by atoms with E-state index in [1.807, 2.05) is 6.07 Å². The number of amides is 1. The lowest BCUT2D eigenvalue weighted by atomic mass is 10.1. The summed E-state index contributed by atoms with van der Waals surface area (Å²) in [4.78, 5) is 38.3. The standard InChI is InChI=1S/C14H12ClN3O.C11H7ClN2O2.C3H7N/c1-2-7-16-13(19)11-5-3-4-10(9-11)12-6-8-17-14(15)18-12;12-11-13-5-4-9(14-11)7-2-1-3-8(6-7)10(15)16;1-2-3-4/h2-6,8-9H,1,7H2,(H,16,19);1-6H,(H,15,16);2H,1,3-4H2. The summed E-state index contributed by atoms with van der Waals surface area (Å²) >= 11 is 11.4. The number of nitrogens with two attached hydrogens (primary N) is 1. The maximum absolute atomic E-state index is 11.8. The van der Waals surface area contributed by atoms with Gasteiger partial charge in [-0.2, -0.15) is 0 Å². The molecule has 1 amide bonds. The fraction of sp³-hybridized carbons (Fsp3) is 0.0714. The zero-order chi connectivity index (χ0) is 28.6. The summed E-state index contributed by atoms with van der Waals surface area (Å²) in [6.45, 7) is 7.93. The van der Waals surface area contributed by atoms with E-state index in [0.29, 0.717) is 35.6 Å². The number of carboxylic acid groups (broad SMARTS) is 1. The Kier molecular flexibility index (Phi) is 13.0. The van der Waals surface area contributed by atoms with Gasteiger partial charge in [-0.3, -0.25) is 4.79 Å². The number of carbonyl (C=O) groups is 2. The van der Waals surface area contributed by atoms with Crippen LogP contribution in [0.2, 0.25) is 10.6 Å². The van der Waals surface area contributed by atoms with Crippen molar-refractivity contribution in [3.63, 3.8) is 0 Å². The fourth-order valence-electron chi connectivity index (χ4n) is 2.89. The van der Waals surface area contributed by atoms with Gasteiger partial charge in [-0.25, -0.2) is 24.7 Å². The predicted molar refractivity (Wildman–Crippen MR) is 154 cm³/mol. The molecule has 2 heterocycles. The Hall–Kier alpha value is -4.44. The second-order valence-corrected chi connectivity index (χ2v) is 8.09. The van der Waals surface area contributed by atoms with Gasteiger partial charge in [0.25, 0.3) is 5.91 Å². The van der Waals surface area contributed by atoms with Crippen LogP contribution in [0.25, 0.3) is 22.5 Å². The number of benzene rings is 2. The largest absolute Gasteiger partial charge is 0.478 e. The third-order valence-electron chi connectivity index (χ3n) is 4.65. The van der Waals surface area contributed by atoms with Crippen molar-refractivity contribution in [3.8, 4) is 22.5 Å². The molecule has 9 nitrogen and oxygen atoms in total. The van der Waals surface area contributed by atoms with Crippen molar-refractivity contribution in [1.29, 1.82) is 0 Å². The van der Waals surface area contributed by atoms with Crippen LogP contribution in [0, 0.1) is 0 Å². The van der Waals surface area contributed by atoms with Gasteiger partial charge >= 0.3 is 5.97 Å². The van der Waals surface area contributed by atoms with Gasteiger partial charge in [0.1, 0.15) is 0 Å². The molecule has 0 radical (unpaired) electrons. The molecule has 11 heteroatoms. The van der Waals surface area contributed by atoms with Crippen LogP contribution in [0.4, 0.5) is 0 Å². The summed E-state index contributed by atoms with van der Waals surface area (Å²) in [7, 11) is 0. The number of carboxylic acids is 1. The Bertz CT molecular complexity index is 1430. The molecule has 0 aliphatic heterocycles. The quantitative estimate of drug-likeness (QED) is 0.201. The predicted octanol–water partition coefficient (Wildman–Crippen LogP) is 5.34. The summed E-state index contributed by atoms with van der Waals surface area (Å²) in [6.07, 6.45) is 6.39. The van der Waals surface area contributed by atoms with E-state index in [2.05, 4.69) is 38.4 Å². The molecule has 39 heavy (non-hydrogen) atoms. The molecule has 0 fully saturated rings. The number of carbonyl (C=O) groups excluding carboxylic acids is 1. The summed E-state index contributed by atoms with van der Waals surface area (Å²) in [5.41, 5.74) is 8.48. The zero-order valence-corrected chi connectivity index (χ0v) is 22.3. The average molecular weight is 565 g/mol. The first-order valence-corrected chi connectivity index (χ1v) is 12.2. The van der Waals surface area contributed by atoms with Crippen LogP contribution in [-0.4, -0.2) is 50.0 Å². The molecular weight excluding hydrogens is 539 g/mol. The minimum absolute atomic E-state index is 0.137. The van der Waals surface area contributed by atoms with E-state index in [0.717, 1.165) is 5.56 Å². The molecule has 2 aromatic heterocycles. The molecule has 0 spiro atoms. The molecule has 0 saturated carbocycles. The molecule has 200 valence electrons. The molecule has 4 N–H and O–H groups in total. The maximum atomic E-state index is 11.8. The van der Waals surface area contributed by atoms with Crippen LogP contribution in [0.1, 0.15) is 20.7 Å². The summed E-state index contributed by atoms with van der Waals surface area (Å²) in [5.74, 6) is -1.12. The SMILES string of the molecule is C=CCN.C=CCNC(=O)c1cccc(-c2ccnc(Cl)n2)c1.O=C(O)c1cccc(-c2ccnc(Cl)n2)c1. The van der Waals surface area contributed by atoms with Gasteiger partial charge in [0.05, 0.1) is 17.0 Å². The van der Waals surface area contributed by atoms with Gasteiger partial charge in [0.2, 0.25) is 10.6 Å². The third kappa shape index (κ3) is 10.4. The summed E-state index contributed by atoms with van der Waals surface area (Å²) in [6, 6.07) is 17.1. The van der Waals surface area contributed by atoms with Crippen LogP contribution >= 0.6 is 23.2 Å². The smallest absolute Gasteiger partial charge is 0.335 e. The number of aromatic carboxylic acids is 1. The normalized spacial score (nSPS) is 9.62. The van der Waals surface area contributed by atoms with Crippen LogP contribution in [0.3, 0.4) is 0 Å². The van der Waals surface area contributed by atoms with Crippen molar-refractivity contribution in [2.45, 2.75) is 0 Å². The van der Waals surface area contributed by atoms with Gasteiger partial charge in [0, 0.05) is 42.2 Å². The number of halogens is 2. The van der Waals surface area contributed by atoms with Gasteiger partial charge in [-0.05, 0) is 59.6 Å². The zero-order valence-electron chi connectivity index (χ0n) is 20.8. The van der Waals surface area contributed by atoms with Gasteiger partial charge in [-0.15, -0.1) is 13.2 Å².